The van der Waals surface area contributed by atoms with Crippen molar-refractivity contribution in [3.8, 4) is 11.8 Å². The number of amides is 3. The predicted molar refractivity (Wildman–Crippen MR) is 105 cm³/mol. The molecule has 0 aromatic carbocycles. The molecule has 138 valence electrons. The molecule has 0 aliphatic carbocycles. The van der Waals surface area contributed by atoms with Crippen LogP contribution in [0.5, 0.6) is 0 Å². The number of halogens is 1. The standard InChI is InChI=1S/C18H17BrN6O2/c1-4-5-9-23-14-15(26)25(13-11-12-8-6-7-10-24(12)21-13)17(27)22(3)18(14,2)20-16(23)19/h6-8,10-11,14H,9H2,1-3H3. The number of hydrogen-bond acceptors (Lipinski definition) is 5. The highest BCUT2D eigenvalue weighted by Crippen LogP contribution is 2.39. The molecule has 1 fully saturated rings. The number of pyridine rings is 1. The van der Waals surface area contributed by atoms with Crippen molar-refractivity contribution in [1.29, 1.82) is 0 Å². The van der Waals surface area contributed by atoms with Gasteiger partial charge in [-0.05, 0) is 41.9 Å². The van der Waals surface area contributed by atoms with Crippen LogP contribution in [0.3, 0.4) is 0 Å². The number of urea groups is 1. The van der Waals surface area contributed by atoms with Gasteiger partial charge in [0.1, 0.15) is 0 Å². The highest BCUT2D eigenvalue weighted by Gasteiger charge is 2.59. The molecule has 1 saturated heterocycles. The molecule has 2 aliphatic heterocycles. The van der Waals surface area contributed by atoms with Gasteiger partial charge in [0, 0.05) is 19.3 Å². The normalized spacial score (nSPS) is 24.8. The first kappa shape index (κ1) is 17.5. The third kappa shape index (κ3) is 2.44. The molecule has 3 amide bonds. The molecule has 9 heteroatoms. The number of carbonyl (C=O) groups excluding carboxylic acids is 2. The minimum Gasteiger partial charge on any atom is -0.324 e. The highest BCUT2D eigenvalue weighted by molar-refractivity contribution is 9.18. The average Bonchev–Trinajstić information content (AvgIpc) is 3.17. The van der Waals surface area contributed by atoms with E-state index in [0.29, 0.717) is 11.3 Å². The molecule has 2 aliphatic rings. The lowest BCUT2D eigenvalue weighted by Gasteiger charge is -2.46. The fraction of sp³-hybridized carbons (Fsp3) is 0.333. The average molecular weight is 429 g/mol. The van der Waals surface area contributed by atoms with Gasteiger partial charge in [-0.15, -0.1) is 11.0 Å². The number of amidine groups is 1. The van der Waals surface area contributed by atoms with E-state index in [1.807, 2.05) is 18.2 Å². The molecule has 0 saturated carbocycles. The molecular weight excluding hydrogens is 412 g/mol. The van der Waals surface area contributed by atoms with Crippen LogP contribution in [0.2, 0.25) is 0 Å². The zero-order valence-corrected chi connectivity index (χ0v) is 16.6. The number of likely N-dealkylation sites (N-methyl/N-ethyl adjacent to an activating group) is 1. The van der Waals surface area contributed by atoms with E-state index in [0.717, 1.165) is 10.4 Å². The molecule has 0 bridgehead atoms. The summed E-state index contributed by atoms with van der Waals surface area (Å²) in [5.74, 6) is 5.71. The first-order valence-electron chi connectivity index (χ1n) is 8.36. The minimum absolute atomic E-state index is 0.287. The second-order valence-corrected chi connectivity index (χ2v) is 7.23. The molecule has 2 aromatic heterocycles. The molecule has 2 aromatic rings. The van der Waals surface area contributed by atoms with Gasteiger partial charge in [-0.1, -0.05) is 12.0 Å². The quantitative estimate of drug-likeness (QED) is 0.540. The monoisotopic (exact) mass is 428 g/mol. The molecular formula is C18H17BrN6O2. The summed E-state index contributed by atoms with van der Waals surface area (Å²) in [7, 11) is 1.64. The summed E-state index contributed by atoms with van der Waals surface area (Å²) < 4.78 is 2.13. The van der Waals surface area contributed by atoms with E-state index in [1.54, 1.807) is 42.6 Å². The fourth-order valence-corrected chi connectivity index (χ4v) is 4.15. The third-order valence-electron chi connectivity index (χ3n) is 5.01. The number of aliphatic imine (C=N–C) groups is 1. The van der Waals surface area contributed by atoms with Crippen LogP contribution in [0.15, 0.2) is 35.5 Å². The predicted octanol–water partition coefficient (Wildman–Crippen LogP) is 1.91. The Labute approximate surface area is 164 Å². The van der Waals surface area contributed by atoms with Gasteiger partial charge in [0.25, 0.3) is 5.91 Å². The lowest BCUT2D eigenvalue weighted by Crippen LogP contribution is -2.70. The summed E-state index contributed by atoms with van der Waals surface area (Å²) in [6.07, 6.45) is 1.77. The Bertz CT molecular complexity index is 1020. The van der Waals surface area contributed by atoms with Crippen LogP contribution in [0, 0.1) is 11.8 Å². The summed E-state index contributed by atoms with van der Waals surface area (Å²) in [5.41, 5.74) is -0.223. The number of rotatable bonds is 2. The first-order valence-corrected chi connectivity index (χ1v) is 9.15. The Morgan fingerprint density at radius 3 is 2.81 bits per heavy atom. The van der Waals surface area contributed by atoms with Crippen LogP contribution in [0.4, 0.5) is 10.6 Å². The fourth-order valence-electron chi connectivity index (χ4n) is 3.47. The number of nitrogens with zero attached hydrogens (tertiary/aromatic N) is 6. The van der Waals surface area contributed by atoms with Gasteiger partial charge in [0.15, 0.2) is 22.3 Å². The Kier molecular flexibility index (Phi) is 3.96. The summed E-state index contributed by atoms with van der Waals surface area (Å²) in [4.78, 5) is 35.4. The van der Waals surface area contributed by atoms with E-state index in [1.165, 1.54) is 4.90 Å². The SMILES string of the molecule is CC#CCN1C(Br)=NC2(C)C1C(=O)N(c1cc3ccccn3n1)C(=O)N2C. The van der Waals surface area contributed by atoms with E-state index in [2.05, 4.69) is 37.9 Å². The maximum absolute atomic E-state index is 13.4. The van der Waals surface area contributed by atoms with Crippen LogP contribution >= 0.6 is 15.9 Å². The third-order valence-corrected chi connectivity index (χ3v) is 5.64. The largest absolute Gasteiger partial charge is 0.334 e. The van der Waals surface area contributed by atoms with Gasteiger partial charge in [-0.2, -0.15) is 0 Å². The Morgan fingerprint density at radius 1 is 1.33 bits per heavy atom. The minimum atomic E-state index is -1.02. The molecule has 8 nitrogen and oxygen atoms in total. The van der Waals surface area contributed by atoms with E-state index < -0.39 is 17.7 Å². The van der Waals surface area contributed by atoms with Gasteiger partial charge in [0.2, 0.25) is 0 Å². The number of fused-ring (bicyclic) bond motifs is 2. The number of anilines is 1. The van der Waals surface area contributed by atoms with Crippen molar-refractivity contribution >= 4 is 43.9 Å². The van der Waals surface area contributed by atoms with E-state index in [4.69, 9.17) is 0 Å². The van der Waals surface area contributed by atoms with Crippen molar-refractivity contribution < 1.29 is 9.59 Å². The number of imide groups is 1. The maximum Gasteiger partial charge on any atom is 0.334 e. The van der Waals surface area contributed by atoms with Crippen LogP contribution in [0.1, 0.15) is 13.8 Å². The summed E-state index contributed by atoms with van der Waals surface area (Å²) >= 11 is 3.42. The lowest BCUT2D eigenvalue weighted by atomic mass is 9.97. The van der Waals surface area contributed by atoms with Crippen molar-refractivity contribution in [1.82, 2.24) is 19.4 Å². The molecule has 4 heterocycles. The molecule has 4 rings (SSSR count). The second-order valence-electron chi connectivity index (χ2n) is 6.52. The Hall–Kier alpha value is -2.86. The molecule has 2 unspecified atom stereocenters. The van der Waals surface area contributed by atoms with Gasteiger partial charge >= 0.3 is 6.03 Å². The first-order chi connectivity index (χ1) is 12.9. The van der Waals surface area contributed by atoms with Gasteiger partial charge in [-0.25, -0.2) is 19.2 Å². The molecule has 0 radical (unpaired) electrons. The molecule has 27 heavy (non-hydrogen) atoms. The molecule has 0 N–H and O–H groups in total. The summed E-state index contributed by atoms with van der Waals surface area (Å²) in [6, 6.07) is 6.13. The van der Waals surface area contributed by atoms with Crippen LogP contribution < -0.4 is 4.90 Å². The number of hydrogen-bond donors (Lipinski definition) is 0. The highest BCUT2D eigenvalue weighted by atomic mass is 79.9. The van der Waals surface area contributed by atoms with Gasteiger partial charge in [-0.3, -0.25) is 9.69 Å². The van der Waals surface area contributed by atoms with Crippen molar-refractivity contribution in [2.24, 2.45) is 4.99 Å². The topological polar surface area (TPSA) is 73.5 Å². The van der Waals surface area contributed by atoms with Gasteiger partial charge < -0.3 is 4.90 Å². The summed E-state index contributed by atoms with van der Waals surface area (Å²) in [6.45, 7) is 3.84. The van der Waals surface area contributed by atoms with Crippen LogP contribution in [-0.2, 0) is 4.79 Å². The second kappa shape index (κ2) is 6.09. The maximum atomic E-state index is 13.4. The van der Waals surface area contributed by atoms with Crippen molar-refractivity contribution in [3.05, 3.63) is 30.5 Å². The van der Waals surface area contributed by atoms with E-state index in [-0.39, 0.29) is 11.7 Å². The van der Waals surface area contributed by atoms with Crippen LogP contribution in [0.25, 0.3) is 5.52 Å². The smallest absolute Gasteiger partial charge is 0.324 e. The van der Waals surface area contributed by atoms with E-state index >= 15 is 0 Å². The van der Waals surface area contributed by atoms with Crippen molar-refractivity contribution in [2.75, 3.05) is 18.5 Å². The number of aromatic nitrogens is 2. The van der Waals surface area contributed by atoms with Crippen molar-refractivity contribution in [3.63, 3.8) is 0 Å². The van der Waals surface area contributed by atoms with Crippen molar-refractivity contribution in [2.45, 2.75) is 25.6 Å². The Balaban J connectivity index is 1.80. The molecule has 0 spiro atoms. The Morgan fingerprint density at radius 2 is 2.11 bits per heavy atom. The van der Waals surface area contributed by atoms with Crippen LogP contribution in [-0.4, -0.2) is 61.4 Å². The number of carbonyl (C=O) groups is 2. The van der Waals surface area contributed by atoms with Gasteiger partial charge in [0.05, 0.1) is 12.1 Å². The van der Waals surface area contributed by atoms with E-state index in [9.17, 15) is 9.59 Å². The zero-order chi connectivity index (χ0) is 19.3. The lowest BCUT2D eigenvalue weighted by molar-refractivity contribution is -0.126. The zero-order valence-electron chi connectivity index (χ0n) is 15.0. The molecule has 2 atom stereocenters. The summed E-state index contributed by atoms with van der Waals surface area (Å²) in [5, 5.41) is 4.39.